The number of carbonyl (C=O) groups excluding carboxylic acids is 1. The number of nitrogens with zero attached hydrogens (tertiary/aromatic N) is 1. The fraction of sp³-hybridized carbons (Fsp3) is 0.565. The van der Waals surface area contributed by atoms with E-state index in [0.29, 0.717) is 0 Å². The van der Waals surface area contributed by atoms with Crippen LogP contribution in [-0.4, -0.2) is 34.8 Å². The van der Waals surface area contributed by atoms with E-state index in [1.165, 1.54) is 12.1 Å². The molecule has 1 aromatic carbocycles. The number of hydrogen-bond acceptors (Lipinski definition) is 4. The number of nitrogens with one attached hydrogen (secondary N) is 2. The van der Waals surface area contributed by atoms with Crippen LogP contribution in [0.3, 0.4) is 0 Å². The Morgan fingerprint density at radius 2 is 1.69 bits per heavy atom. The zero-order valence-electron chi connectivity index (χ0n) is 18.3. The molecule has 5 nitrogen and oxygen atoms in total. The summed E-state index contributed by atoms with van der Waals surface area (Å²) in [5.74, 6) is -0.855. The van der Waals surface area contributed by atoms with Gasteiger partial charge in [0.25, 0.3) is 0 Å². The van der Waals surface area contributed by atoms with Gasteiger partial charge in [-0.25, -0.2) is 4.39 Å². The van der Waals surface area contributed by atoms with Crippen LogP contribution in [0.2, 0.25) is 0 Å². The Bertz CT molecular complexity index is 751. The highest BCUT2D eigenvalue weighted by atomic mass is 19.1. The summed E-state index contributed by atoms with van der Waals surface area (Å²) in [4.78, 5) is 14.8. The van der Waals surface area contributed by atoms with Gasteiger partial charge in [0.2, 0.25) is 5.91 Å². The minimum absolute atomic E-state index is 0.0637. The number of nitrogens with two attached hydrogens (primary N) is 1. The zero-order chi connectivity index (χ0) is 21.7. The van der Waals surface area contributed by atoms with Gasteiger partial charge >= 0.3 is 0 Å². The first-order valence-electron chi connectivity index (χ1n) is 10.7. The molecule has 0 radical (unpaired) electrons. The first-order valence-corrected chi connectivity index (χ1v) is 10.7. The lowest BCUT2D eigenvalue weighted by molar-refractivity contribution is -0.131. The number of allylic oxidation sites excluding steroid dienone is 1. The lowest BCUT2D eigenvalue weighted by Gasteiger charge is -2.43. The summed E-state index contributed by atoms with van der Waals surface area (Å²) in [7, 11) is 0. The summed E-state index contributed by atoms with van der Waals surface area (Å²) < 4.78 is 13.5. The van der Waals surface area contributed by atoms with Crippen LogP contribution in [0.4, 0.5) is 4.39 Å². The number of carbonyl (C=O) groups is 1. The molecule has 1 aliphatic rings. The van der Waals surface area contributed by atoms with Gasteiger partial charge in [0.1, 0.15) is 11.7 Å². The summed E-state index contributed by atoms with van der Waals surface area (Å²) in [6.07, 6.45) is 3.42. The summed E-state index contributed by atoms with van der Waals surface area (Å²) in [6, 6.07) is 5.49. The smallest absolute Gasteiger partial charge is 0.246 e. The fourth-order valence-corrected chi connectivity index (χ4v) is 4.22. The monoisotopic (exact) mass is 402 g/mol. The van der Waals surface area contributed by atoms with Crippen LogP contribution in [0.1, 0.15) is 71.8 Å². The van der Waals surface area contributed by atoms with Crippen molar-refractivity contribution in [2.75, 3.05) is 0 Å². The lowest BCUT2D eigenvalue weighted by atomic mass is 9.78. The highest BCUT2D eigenvalue weighted by Gasteiger charge is 2.44. The van der Waals surface area contributed by atoms with Gasteiger partial charge in [0.05, 0.1) is 6.04 Å². The predicted molar refractivity (Wildman–Crippen MR) is 116 cm³/mol. The van der Waals surface area contributed by atoms with E-state index in [1.54, 1.807) is 17.0 Å². The normalized spacial score (nSPS) is 21.9. The number of rotatable bonds is 8. The Balaban J connectivity index is 2.62. The average Bonchev–Trinajstić information content (AvgIpc) is 2.72. The number of amides is 1. The van der Waals surface area contributed by atoms with Crippen molar-refractivity contribution >= 4 is 11.7 Å². The van der Waals surface area contributed by atoms with E-state index in [4.69, 9.17) is 11.1 Å². The third kappa shape index (κ3) is 4.69. The van der Waals surface area contributed by atoms with E-state index >= 15 is 0 Å². The Morgan fingerprint density at radius 3 is 2.17 bits per heavy atom. The van der Waals surface area contributed by atoms with Gasteiger partial charge in [0, 0.05) is 29.3 Å². The topological polar surface area (TPSA) is 82.2 Å². The second-order valence-corrected chi connectivity index (χ2v) is 7.78. The van der Waals surface area contributed by atoms with Crippen LogP contribution in [-0.2, 0) is 4.79 Å². The Kier molecular flexibility index (Phi) is 7.96. The van der Waals surface area contributed by atoms with E-state index in [2.05, 4.69) is 19.2 Å². The van der Waals surface area contributed by atoms with Crippen LogP contribution in [0.25, 0.3) is 0 Å². The number of piperidine rings is 1. The molecule has 1 aromatic rings. The minimum atomic E-state index is -0.816. The maximum Gasteiger partial charge on any atom is 0.246 e. The minimum Gasteiger partial charge on any atom is -0.386 e. The van der Waals surface area contributed by atoms with E-state index in [0.717, 1.165) is 42.5 Å². The number of benzene rings is 1. The zero-order valence-corrected chi connectivity index (χ0v) is 18.3. The highest BCUT2D eigenvalue weighted by Crippen LogP contribution is 2.37. The molecule has 0 spiro atoms. The van der Waals surface area contributed by atoms with Crippen molar-refractivity contribution in [1.82, 2.24) is 10.2 Å². The second kappa shape index (κ2) is 10.0. The molecule has 1 saturated heterocycles. The highest BCUT2D eigenvalue weighted by molar-refractivity contribution is 6.12. The molecular formula is C23H35FN4O. The molecular weight excluding hydrogens is 367 g/mol. The van der Waals surface area contributed by atoms with Crippen LogP contribution in [0, 0.1) is 11.2 Å². The molecule has 4 N–H and O–H groups in total. The predicted octanol–water partition coefficient (Wildman–Crippen LogP) is 4.30. The number of hydrogen-bond donors (Lipinski definition) is 3. The molecule has 2 rings (SSSR count). The molecule has 0 bridgehead atoms. The third-order valence-corrected chi connectivity index (χ3v) is 6.04. The lowest BCUT2D eigenvalue weighted by Crippen LogP contribution is -2.59. The summed E-state index contributed by atoms with van der Waals surface area (Å²) in [6.45, 7) is 10.2. The van der Waals surface area contributed by atoms with Gasteiger partial charge in [-0.2, -0.15) is 0 Å². The Hall–Kier alpha value is -2.21. The third-order valence-electron chi connectivity index (χ3n) is 6.04. The van der Waals surface area contributed by atoms with Gasteiger partial charge < -0.3 is 11.1 Å². The van der Waals surface area contributed by atoms with Crippen molar-refractivity contribution in [3.63, 3.8) is 0 Å². The van der Waals surface area contributed by atoms with E-state index in [-0.39, 0.29) is 29.6 Å². The molecule has 1 aliphatic heterocycles. The molecule has 1 amide bonds. The van der Waals surface area contributed by atoms with Crippen LogP contribution < -0.4 is 11.1 Å². The van der Waals surface area contributed by atoms with E-state index < -0.39 is 12.0 Å². The molecule has 29 heavy (non-hydrogen) atoms. The van der Waals surface area contributed by atoms with Crippen molar-refractivity contribution in [2.24, 2.45) is 5.73 Å². The van der Waals surface area contributed by atoms with E-state index in [9.17, 15) is 9.18 Å². The van der Waals surface area contributed by atoms with Crippen LogP contribution >= 0.6 is 0 Å². The quantitative estimate of drug-likeness (QED) is 0.606. The first-order chi connectivity index (χ1) is 13.8. The molecule has 2 atom stereocenters. The Labute approximate surface area is 174 Å². The average molecular weight is 403 g/mol. The van der Waals surface area contributed by atoms with Gasteiger partial charge in [-0.3, -0.25) is 15.1 Å². The summed E-state index contributed by atoms with van der Waals surface area (Å²) in [5, 5.41) is 12.5. The standard InChI is InChI=1S/C23H35FN4O/c1-6-17(7-2)27-14(5)19-20(15-10-12-16(24)13-11-15)21(25)23(29)28(22(19)26)18(8-3)9-4/h10-13,17-18,20-21,26-27H,6-9,25H2,1-5H3/b19-14-,26-22?/t20-,21-/m0/s1. The molecule has 0 aromatic heterocycles. The van der Waals surface area contributed by atoms with Crippen molar-refractivity contribution < 1.29 is 9.18 Å². The fourth-order valence-electron chi connectivity index (χ4n) is 4.22. The SMILES string of the molecule is CCC(CC)N/C(C)=C1\C(=N)N(C(CC)CC)C(=O)[C@@H](N)[C@H]1c1ccc(F)cc1. The number of halogens is 1. The molecule has 1 fully saturated rings. The van der Waals surface area contributed by atoms with Crippen molar-refractivity contribution in [3.8, 4) is 0 Å². The molecule has 160 valence electrons. The van der Waals surface area contributed by atoms with Gasteiger partial charge in [-0.05, 0) is 50.3 Å². The van der Waals surface area contributed by atoms with Crippen molar-refractivity contribution in [3.05, 3.63) is 46.9 Å². The Morgan fingerprint density at radius 1 is 1.14 bits per heavy atom. The van der Waals surface area contributed by atoms with Crippen molar-refractivity contribution in [1.29, 1.82) is 5.41 Å². The molecule has 6 heteroatoms. The summed E-state index contributed by atoms with van der Waals surface area (Å²) >= 11 is 0. The molecule has 0 aliphatic carbocycles. The van der Waals surface area contributed by atoms with Gasteiger partial charge in [-0.1, -0.05) is 39.8 Å². The largest absolute Gasteiger partial charge is 0.386 e. The maximum absolute atomic E-state index is 13.5. The molecule has 0 saturated carbocycles. The molecule has 0 unspecified atom stereocenters. The second-order valence-electron chi connectivity index (χ2n) is 7.78. The van der Waals surface area contributed by atoms with E-state index in [1.807, 2.05) is 20.8 Å². The van der Waals surface area contributed by atoms with Crippen LogP contribution in [0.5, 0.6) is 0 Å². The summed E-state index contributed by atoms with van der Waals surface area (Å²) in [5.41, 5.74) is 8.81. The van der Waals surface area contributed by atoms with Crippen molar-refractivity contribution in [2.45, 2.75) is 84.3 Å². The van der Waals surface area contributed by atoms with Gasteiger partial charge in [-0.15, -0.1) is 0 Å². The number of amidine groups is 1. The van der Waals surface area contributed by atoms with Crippen LogP contribution in [0.15, 0.2) is 35.5 Å². The maximum atomic E-state index is 13.5. The number of likely N-dealkylation sites (tertiary alicyclic amines) is 1. The molecule has 1 heterocycles. The first kappa shape index (κ1) is 23.1. The van der Waals surface area contributed by atoms with Gasteiger partial charge in [0.15, 0.2) is 0 Å².